The molecule has 2 N–H and O–H groups in total. The van der Waals surface area contributed by atoms with Crippen LogP contribution in [0, 0.1) is 18.8 Å². The van der Waals surface area contributed by atoms with E-state index in [1.807, 2.05) is 7.05 Å². The number of hydrogen-bond acceptors (Lipinski definition) is 3. The van der Waals surface area contributed by atoms with Crippen LogP contribution >= 0.6 is 0 Å². The van der Waals surface area contributed by atoms with Gasteiger partial charge in [0.1, 0.15) is 0 Å². The molecule has 0 spiro atoms. The molecule has 2 aliphatic heterocycles. The van der Waals surface area contributed by atoms with Gasteiger partial charge in [-0.3, -0.25) is 0 Å². The number of nitrogens with one attached hydrogen (secondary N) is 2. The van der Waals surface area contributed by atoms with Crippen molar-refractivity contribution in [3.05, 3.63) is 29.3 Å². The van der Waals surface area contributed by atoms with Gasteiger partial charge in [0.05, 0.1) is 0 Å². The Labute approximate surface area is 134 Å². The smallest absolute Gasteiger partial charge is 0.0497 e. The first kappa shape index (κ1) is 15.8. The third-order valence-electron chi connectivity index (χ3n) is 5.56. The van der Waals surface area contributed by atoms with Crippen molar-refractivity contribution in [1.82, 2.24) is 5.32 Å². The summed E-state index contributed by atoms with van der Waals surface area (Å²) in [6.07, 6.45) is 6.90. The molecule has 3 nitrogen and oxygen atoms in total. The summed E-state index contributed by atoms with van der Waals surface area (Å²) in [7, 11) is 1.98. The molecular formula is C19H30N2O. The highest BCUT2D eigenvalue weighted by atomic mass is 16.5. The molecule has 0 bridgehead atoms. The van der Waals surface area contributed by atoms with Crippen LogP contribution in [-0.2, 0) is 4.74 Å². The molecule has 1 aliphatic carbocycles. The van der Waals surface area contributed by atoms with Gasteiger partial charge in [0.25, 0.3) is 0 Å². The van der Waals surface area contributed by atoms with Gasteiger partial charge in [-0.25, -0.2) is 0 Å². The quantitative estimate of drug-likeness (QED) is 0.869. The van der Waals surface area contributed by atoms with Crippen LogP contribution in [0.5, 0.6) is 0 Å². The van der Waals surface area contributed by atoms with E-state index in [-0.39, 0.29) is 0 Å². The van der Waals surface area contributed by atoms with Crippen LogP contribution in [0.2, 0.25) is 0 Å². The molecule has 3 heteroatoms. The fourth-order valence-corrected chi connectivity index (χ4v) is 4.18. The molecule has 1 saturated carbocycles. The first-order valence-corrected chi connectivity index (χ1v) is 8.88. The second-order valence-corrected chi connectivity index (χ2v) is 6.91. The van der Waals surface area contributed by atoms with Gasteiger partial charge in [-0.15, -0.1) is 0 Å². The fraction of sp³-hybridized carbons (Fsp3) is 0.684. The van der Waals surface area contributed by atoms with Gasteiger partial charge < -0.3 is 15.4 Å². The van der Waals surface area contributed by atoms with Crippen molar-refractivity contribution in [3.63, 3.8) is 0 Å². The molecule has 0 radical (unpaired) electrons. The number of rotatable bonds is 2. The third-order valence-corrected chi connectivity index (χ3v) is 5.56. The van der Waals surface area contributed by atoms with E-state index >= 15 is 0 Å². The monoisotopic (exact) mass is 302 g/mol. The fourth-order valence-electron chi connectivity index (χ4n) is 4.18. The van der Waals surface area contributed by atoms with Gasteiger partial charge in [0.15, 0.2) is 0 Å². The van der Waals surface area contributed by atoms with Crippen LogP contribution in [0.3, 0.4) is 0 Å². The topological polar surface area (TPSA) is 33.3 Å². The Morgan fingerprint density at radius 1 is 1.09 bits per heavy atom. The summed E-state index contributed by atoms with van der Waals surface area (Å²) in [5.41, 5.74) is 4.08. The minimum absolute atomic E-state index is 0.572. The van der Waals surface area contributed by atoms with Gasteiger partial charge >= 0.3 is 0 Å². The van der Waals surface area contributed by atoms with Crippen molar-refractivity contribution in [2.45, 2.75) is 45.1 Å². The highest BCUT2D eigenvalue weighted by molar-refractivity contribution is 5.54. The molecule has 0 amide bonds. The first-order chi connectivity index (χ1) is 10.8. The Balaban J connectivity index is 0.000000151. The summed E-state index contributed by atoms with van der Waals surface area (Å²) in [5.74, 6) is 1.91. The molecule has 2 saturated heterocycles. The van der Waals surface area contributed by atoms with Gasteiger partial charge in [0.2, 0.25) is 0 Å². The SMILES string of the molecule is C1CC2COCC2C1.CNc1cccc([C@H]2CCCN2)c1C. The summed E-state index contributed by atoms with van der Waals surface area (Å²) >= 11 is 0. The first-order valence-electron chi connectivity index (χ1n) is 8.88. The van der Waals surface area contributed by atoms with Crippen LogP contribution in [0.15, 0.2) is 18.2 Å². The molecule has 122 valence electrons. The summed E-state index contributed by atoms with van der Waals surface area (Å²) in [6, 6.07) is 7.07. The molecular weight excluding hydrogens is 272 g/mol. The van der Waals surface area contributed by atoms with Crippen molar-refractivity contribution < 1.29 is 4.74 Å². The molecule has 1 aromatic carbocycles. The minimum Gasteiger partial charge on any atom is -0.388 e. The van der Waals surface area contributed by atoms with Crippen molar-refractivity contribution in [2.24, 2.45) is 11.8 Å². The number of hydrogen-bond donors (Lipinski definition) is 2. The maximum atomic E-state index is 5.31. The van der Waals surface area contributed by atoms with Gasteiger partial charge in [-0.05, 0) is 68.2 Å². The maximum Gasteiger partial charge on any atom is 0.0497 e. The lowest BCUT2D eigenvalue weighted by molar-refractivity contribution is 0.173. The van der Waals surface area contributed by atoms with E-state index in [2.05, 4.69) is 35.8 Å². The predicted molar refractivity (Wildman–Crippen MR) is 92.4 cm³/mol. The van der Waals surface area contributed by atoms with Crippen LogP contribution in [-0.4, -0.2) is 26.8 Å². The molecule has 2 heterocycles. The van der Waals surface area contributed by atoms with E-state index in [1.54, 1.807) is 0 Å². The van der Waals surface area contributed by atoms with E-state index in [0.717, 1.165) is 31.6 Å². The summed E-state index contributed by atoms with van der Waals surface area (Å²) < 4.78 is 5.31. The molecule has 3 aliphatic rings. The van der Waals surface area contributed by atoms with E-state index in [0.29, 0.717) is 6.04 Å². The van der Waals surface area contributed by atoms with Crippen LogP contribution in [0.1, 0.15) is 49.3 Å². The van der Waals surface area contributed by atoms with Crippen LogP contribution in [0.4, 0.5) is 5.69 Å². The Morgan fingerprint density at radius 2 is 1.86 bits per heavy atom. The number of ether oxygens (including phenoxy) is 1. The average Bonchev–Trinajstić information content (AvgIpc) is 3.26. The number of fused-ring (bicyclic) bond motifs is 1. The molecule has 0 aromatic heterocycles. The Hall–Kier alpha value is -1.06. The van der Waals surface area contributed by atoms with E-state index in [4.69, 9.17) is 4.74 Å². The van der Waals surface area contributed by atoms with Crippen molar-refractivity contribution in [3.8, 4) is 0 Å². The van der Waals surface area contributed by atoms with Crippen molar-refractivity contribution >= 4 is 5.69 Å². The number of benzene rings is 1. The molecule has 2 unspecified atom stereocenters. The highest BCUT2D eigenvalue weighted by Gasteiger charge is 2.31. The van der Waals surface area contributed by atoms with E-state index in [1.165, 1.54) is 48.9 Å². The zero-order chi connectivity index (χ0) is 15.4. The zero-order valence-electron chi connectivity index (χ0n) is 14.0. The summed E-state index contributed by atoms with van der Waals surface area (Å²) in [4.78, 5) is 0. The van der Waals surface area contributed by atoms with Crippen LogP contribution in [0.25, 0.3) is 0 Å². The maximum absolute atomic E-state index is 5.31. The zero-order valence-corrected chi connectivity index (χ0v) is 14.0. The summed E-state index contributed by atoms with van der Waals surface area (Å²) in [6.45, 7) is 5.48. The van der Waals surface area contributed by atoms with E-state index in [9.17, 15) is 0 Å². The lowest BCUT2D eigenvalue weighted by Crippen LogP contribution is -2.14. The van der Waals surface area contributed by atoms with Gasteiger partial charge in [0, 0.05) is 32.0 Å². The molecule has 3 fully saturated rings. The van der Waals surface area contributed by atoms with Crippen molar-refractivity contribution in [2.75, 3.05) is 32.1 Å². The minimum atomic E-state index is 0.572. The average molecular weight is 302 g/mol. The molecule has 1 aromatic rings. The van der Waals surface area contributed by atoms with Crippen molar-refractivity contribution in [1.29, 1.82) is 0 Å². The highest BCUT2D eigenvalue weighted by Crippen LogP contribution is 2.36. The lowest BCUT2D eigenvalue weighted by Gasteiger charge is -2.16. The third kappa shape index (κ3) is 3.47. The summed E-state index contributed by atoms with van der Waals surface area (Å²) in [5, 5.41) is 6.77. The number of anilines is 1. The Bertz CT molecular complexity index is 462. The second-order valence-electron chi connectivity index (χ2n) is 6.91. The lowest BCUT2D eigenvalue weighted by atomic mass is 9.99. The van der Waals surface area contributed by atoms with E-state index < -0.39 is 0 Å². The standard InChI is InChI=1S/C12H18N2.C7H12O/c1-9-10(12-7-4-8-14-12)5-3-6-11(9)13-2;1-2-6-4-8-5-7(6)3-1/h3,5-6,12-14H,4,7-8H2,1-2H3;6-7H,1-5H2/t12-;/m1./s1. The molecule has 4 rings (SSSR count). The normalized spacial score (nSPS) is 29.8. The van der Waals surface area contributed by atoms with Crippen LogP contribution < -0.4 is 10.6 Å². The molecule has 3 atom stereocenters. The predicted octanol–water partition coefficient (Wildman–Crippen LogP) is 3.89. The van der Waals surface area contributed by atoms with Gasteiger partial charge in [-0.2, -0.15) is 0 Å². The van der Waals surface area contributed by atoms with Gasteiger partial charge in [-0.1, -0.05) is 18.6 Å². The second kappa shape index (κ2) is 7.47. The Kier molecular flexibility index (Phi) is 5.37. The Morgan fingerprint density at radius 3 is 2.50 bits per heavy atom. The largest absolute Gasteiger partial charge is 0.388 e. The molecule has 22 heavy (non-hydrogen) atoms.